The van der Waals surface area contributed by atoms with Crippen molar-refractivity contribution in [2.24, 2.45) is 0 Å². The monoisotopic (exact) mass is 230 g/mol. The Morgan fingerprint density at radius 2 is 2.06 bits per heavy atom. The number of carbonyl (C=O) groups is 1. The topological polar surface area (TPSA) is 35.5 Å². The predicted molar refractivity (Wildman–Crippen MR) is 53.5 cm³/mol. The summed E-state index contributed by atoms with van der Waals surface area (Å²) >= 11 is 0. The first-order valence-corrected chi connectivity index (χ1v) is 4.81. The molecule has 0 bridgehead atoms. The van der Waals surface area contributed by atoms with Crippen molar-refractivity contribution < 1.29 is 23.0 Å². The molecule has 0 N–H and O–H groups in total. The Labute approximate surface area is 92.0 Å². The van der Waals surface area contributed by atoms with Crippen LogP contribution < -0.4 is 4.74 Å². The lowest BCUT2D eigenvalue weighted by Gasteiger charge is -2.09. The quantitative estimate of drug-likeness (QED) is 0.745. The highest BCUT2D eigenvalue weighted by atomic mass is 19.1. The Morgan fingerprint density at radius 3 is 2.62 bits per heavy atom. The fourth-order valence-electron chi connectivity index (χ4n) is 1.15. The van der Waals surface area contributed by atoms with E-state index in [1.54, 1.807) is 0 Å². The van der Waals surface area contributed by atoms with E-state index in [1.807, 2.05) is 6.92 Å². The maximum atomic E-state index is 13.6. The predicted octanol–water partition coefficient (Wildman–Crippen LogP) is 2.54. The van der Waals surface area contributed by atoms with E-state index in [9.17, 15) is 13.6 Å². The summed E-state index contributed by atoms with van der Waals surface area (Å²) in [4.78, 5) is 11.1. The lowest BCUT2D eigenvalue weighted by atomic mass is 10.2. The lowest BCUT2D eigenvalue weighted by molar-refractivity contribution is 0.0588. The van der Waals surface area contributed by atoms with Gasteiger partial charge in [-0.25, -0.2) is 13.6 Å². The molecule has 0 aliphatic heterocycles. The number of hydrogen-bond acceptors (Lipinski definition) is 3. The van der Waals surface area contributed by atoms with Crippen molar-refractivity contribution in [3.63, 3.8) is 0 Å². The zero-order valence-corrected chi connectivity index (χ0v) is 9.05. The van der Waals surface area contributed by atoms with Gasteiger partial charge in [-0.1, -0.05) is 6.92 Å². The third-order valence-corrected chi connectivity index (χ3v) is 1.91. The Hall–Kier alpha value is -1.65. The molecule has 0 fully saturated rings. The van der Waals surface area contributed by atoms with Crippen molar-refractivity contribution in [3.05, 3.63) is 29.3 Å². The van der Waals surface area contributed by atoms with Crippen molar-refractivity contribution in [1.82, 2.24) is 0 Å². The second kappa shape index (κ2) is 5.44. The van der Waals surface area contributed by atoms with Crippen LogP contribution in [0.25, 0.3) is 0 Å². The standard InChI is InChI=1S/C11H12F2O3/c1-3-6-16-8-5-4-7(12)9(10(8)13)11(14)15-2/h4-5H,3,6H2,1-2H3. The molecule has 1 aromatic rings. The van der Waals surface area contributed by atoms with Gasteiger partial charge in [0.05, 0.1) is 13.7 Å². The van der Waals surface area contributed by atoms with Crippen molar-refractivity contribution in [1.29, 1.82) is 0 Å². The molecule has 0 spiro atoms. The SMILES string of the molecule is CCCOc1ccc(F)c(C(=O)OC)c1F. The van der Waals surface area contributed by atoms with Crippen molar-refractivity contribution in [2.75, 3.05) is 13.7 Å². The number of ether oxygens (including phenoxy) is 2. The Morgan fingerprint density at radius 1 is 1.38 bits per heavy atom. The molecule has 0 saturated carbocycles. The second-order valence-electron chi connectivity index (χ2n) is 3.07. The number of methoxy groups -OCH3 is 1. The minimum absolute atomic E-state index is 0.149. The number of halogens is 2. The fourth-order valence-corrected chi connectivity index (χ4v) is 1.15. The second-order valence-corrected chi connectivity index (χ2v) is 3.07. The van der Waals surface area contributed by atoms with Crippen LogP contribution in [0.1, 0.15) is 23.7 Å². The Balaban J connectivity index is 3.11. The van der Waals surface area contributed by atoms with Crippen molar-refractivity contribution in [2.45, 2.75) is 13.3 Å². The van der Waals surface area contributed by atoms with Crippen LogP contribution >= 0.6 is 0 Å². The van der Waals surface area contributed by atoms with Crippen molar-refractivity contribution >= 4 is 5.97 Å². The molecule has 5 heteroatoms. The molecule has 0 saturated heterocycles. The molecule has 0 amide bonds. The van der Waals surface area contributed by atoms with Crippen LogP contribution in [-0.4, -0.2) is 19.7 Å². The van der Waals surface area contributed by atoms with Gasteiger partial charge >= 0.3 is 5.97 Å². The van der Waals surface area contributed by atoms with E-state index in [1.165, 1.54) is 0 Å². The third-order valence-electron chi connectivity index (χ3n) is 1.91. The van der Waals surface area contributed by atoms with Crippen LogP contribution in [0.4, 0.5) is 8.78 Å². The molecule has 3 nitrogen and oxygen atoms in total. The van der Waals surface area contributed by atoms with Gasteiger partial charge in [-0.15, -0.1) is 0 Å². The first-order chi connectivity index (χ1) is 7.61. The maximum Gasteiger partial charge on any atom is 0.344 e. The molecule has 0 aromatic heterocycles. The molecule has 0 aliphatic carbocycles. The van der Waals surface area contributed by atoms with Gasteiger partial charge < -0.3 is 9.47 Å². The first-order valence-electron chi connectivity index (χ1n) is 4.81. The summed E-state index contributed by atoms with van der Waals surface area (Å²) in [7, 11) is 1.06. The molecule has 0 aliphatic rings. The van der Waals surface area contributed by atoms with Gasteiger partial charge in [-0.2, -0.15) is 0 Å². The minimum Gasteiger partial charge on any atom is -0.490 e. The van der Waals surface area contributed by atoms with E-state index < -0.39 is 23.2 Å². The first kappa shape index (κ1) is 12.4. The van der Waals surface area contributed by atoms with E-state index in [0.29, 0.717) is 13.0 Å². The normalized spacial score (nSPS) is 10.0. The summed E-state index contributed by atoms with van der Waals surface area (Å²) in [6, 6.07) is 2.12. The van der Waals surface area contributed by atoms with Crippen LogP contribution in [0, 0.1) is 11.6 Å². The molecule has 88 valence electrons. The molecule has 0 unspecified atom stereocenters. The molecule has 0 heterocycles. The largest absolute Gasteiger partial charge is 0.490 e. The lowest BCUT2D eigenvalue weighted by Crippen LogP contribution is -2.09. The third kappa shape index (κ3) is 2.48. The van der Waals surface area contributed by atoms with Gasteiger partial charge in [0, 0.05) is 0 Å². The maximum absolute atomic E-state index is 13.6. The van der Waals surface area contributed by atoms with Gasteiger partial charge in [0.25, 0.3) is 0 Å². The summed E-state index contributed by atoms with van der Waals surface area (Å²) in [5.41, 5.74) is -0.726. The smallest absolute Gasteiger partial charge is 0.344 e. The van der Waals surface area contributed by atoms with Crippen molar-refractivity contribution in [3.8, 4) is 5.75 Å². The van der Waals surface area contributed by atoms with Gasteiger partial charge in [-0.05, 0) is 18.6 Å². The van der Waals surface area contributed by atoms with E-state index in [-0.39, 0.29) is 5.75 Å². The van der Waals surface area contributed by atoms with E-state index >= 15 is 0 Å². The molecule has 1 rings (SSSR count). The molecular weight excluding hydrogens is 218 g/mol. The van der Waals surface area contributed by atoms with Gasteiger partial charge in [0.2, 0.25) is 0 Å². The van der Waals surface area contributed by atoms with E-state index in [4.69, 9.17) is 4.74 Å². The van der Waals surface area contributed by atoms with E-state index in [2.05, 4.69) is 4.74 Å². The van der Waals surface area contributed by atoms with Gasteiger partial charge in [0.1, 0.15) is 11.4 Å². The summed E-state index contributed by atoms with van der Waals surface area (Å²) in [6.07, 6.45) is 0.685. The number of hydrogen-bond donors (Lipinski definition) is 0. The van der Waals surface area contributed by atoms with E-state index in [0.717, 1.165) is 19.2 Å². The van der Waals surface area contributed by atoms with Crippen LogP contribution in [0.5, 0.6) is 5.75 Å². The molecule has 0 atom stereocenters. The number of rotatable bonds is 4. The highest BCUT2D eigenvalue weighted by Crippen LogP contribution is 2.23. The number of carbonyl (C=O) groups excluding carboxylic acids is 1. The summed E-state index contributed by atoms with van der Waals surface area (Å²) in [6.45, 7) is 2.14. The average molecular weight is 230 g/mol. The Kier molecular flexibility index (Phi) is 4.22. The molecule has 16 heavy (non-hydrogen) atoms. The average Bonchev–Trinajstić information content (AvgIpc) is 2.28. The van der Waals surface area contributed by atoms with Crippen LogP contribution in [0.2, 0.25) is 0 Å². The van der Waals surface area contributed by atoms with Crippen LogP contribution in [-0.2, 0) is 4.74 Å². The zero-order valence-electron chi connectivity index (χ0n) is 9.05. The number of benzene rings is 1. The van der Waals surface area contributed by atoms with Crippen LogP contribution in [0.15, 0.2) is 12.1 Å². The zero-order chi connectivity index (χ0) is 12.1. The summed E-state index contributed by atoms with van der Waals surface area (Å²) in [5, 5.41) is 0. The molecular formula is C11H12F2O3. The molecule has 1 aromatic carbocycles. The summed E-state index contributed by atoms with van der Waals surface area (Å²) in [5.74, 6) is -3.20. The highest BCUT2D eigenvalue weighted by Gasteiger charge is 2.21. The Bertz CT molecular complexity index is 391. The highest BCUT2D eigenvalue weighted by molar-refractivity contribution is 5.90. The van der Waals surface area contributed by atoms with Gasteiger partial charge in [-0.3, -0.25) is 0 Å². The minimum atomic E-state index is -1.06. The number of esters is 1. The molecule has 0 radical (unpaired) electrons. The fraction of sp³-hybridized carbons (Fsp3) is 0.364. The summed E-state index contributed by atoms with van der Waals surface area (Å²) < 4.78 is 36.1. The van der Waals surface area contributed by atoms with Gasteiger partial charge in [0.15, 0.2) is 11.6 Å². The van der Waals surface area contributed by atoms with Crippen LogP contribution in [0.3, 0.4) is 0 Å².